The quantitative estimate of drug-likeness (QED) is 0.865. The molecule has 2 aromatic carbocycles. The lowest BCUT2D eigenvalue weighted by Crippen LogP contribution is -2.37. The summed E-state index contributed by atoms with van der Waals surface area (Å²) in [6, 6.07) is 11.8. The summed E-state index contributed by atoms with van der Waals surface area (Å²) in [4.78, 5) is 24.0. The smallest absolute Gasteiger partial charge is 0.227 e. The van der Waals surface area contributed by atoms with E-state index in [0.29, 0.717) is 24.1 Å². The topological polar surface area (TPSA) is 67.4 Å². The highest BCUT2D eigenvalue weighted by Crippen LogP contribution is 2.30. The van der Waals surface area contributed by atoms with Gasteiger partial charge >= 0.3 is 0 Å². The Labute approximate surface area is 151 Å². The van der Waals surface area contributed by atoms with Crippen LogP contribution in [0.5, 0.6) is 5.75 Å². The van der Waals surface area contributed by atoms with E-state index < -0.39 is 0 Å². The lowest BCUT2D eigenvalue weighted by atomic mass is 9.95. The third kappa shape index (κ3) is 4.20. The van der Waals surface area contributed by atoms with Crippen molar-refractivity contribution < 1.29 is 18.7 Å². The van der Waals surface area contributed by atoms with Crippen LogP contribution < -0.4 is 15.4 Å². The second-order valence-electron chi connectivity index (χ2n) is 6.25. The number of anilines is 1. The van der Waals surface area contributed by atoms with Crippen LogP contribution in [0.1, 0.15) is 24.5 Å². The van der Waals surface area contributed by atoms with Gasteiger partial charge in [-0.3, -0.25) is 9.59 Å². The predicted molar refractivity (Wildman–Crippen MR) is 96.3 cm³/mol. The van der Waals surface area contributed by atoms with Crippen molar-refractivity contribution in [2.45, 2.75) is 26.3 Å². The van der Waals surface area contributed by atoms with E-state index in [2.05, 4.69) is 10.6 Å². The predicted octanol–water partition coefficient (Wildman–Crippen LogP) is 3.04. The van der Waals surface area contributed by atoms with E-state index in [-0.39, 0.29) is 36.7 Å². The molecule has 1 aliphatic rings. The monoisotopic (exact) mass is 356 g/mol. The summed E-state index contributed by atoms with van der Waals surface area (Å²) in [5.41, 5.74) is 2.00. The van der Waals surface area contributed by atoms with Gasteiger partial charge in [0.15, 0.2) is 0 Å². The van der Waals surface area contributed by atoms with Crippen molar-refractivity contribution >= 4 is 17.5 Å². The fourth-order valence-electron chi connectivity index (χ4n) is 2.86. The van der Waals surface area contributed by atoms with Crippen molar-refractivity contribution in [3.05, 3.63) is 59.4 Å². The van der Waals surface area contributed by atoms with E-state index in [4.69, 9.17) is 4.74 Å². The summed E-state index contributed by atoms with van der Waals surface area (Å²) in [7, 11) is 0. The summed E-state index contributed by atoms with van der Waals surface area (Å²) in [5, 5.41) is 5.57. The highest BCUT2D eigenvalue weighted by atomic mass is 19.1. The summed E-state index contributed by atoms with van der Waals surface area (Å²) < 4.78 is 19.3. The van der Waals surface area contributed by atoms with Crippen LogP contribution in [0.4, 0.5) is 10.1 Å². The molecule has 26 heavy (non-hydrogen) atoms. The Kier molecular flexibility index (Phi) is 5.51. The highest BCUT2D eigenvalue weighted by molar-refractivity contribution is 5.90. The lowest BCUT2D eigenvalue weighted by molar-refractivity contribution is -0.126. The Balaban J connectivity index is 1.63. The average Bonchev–Trinajstić information content (AvgIpc) is 2.66. The van der Waals surface area contributed by atoms with Crippen LogP contribution in [-0.2, 0) is 22.6 Å². The van der Waals surface area contributed by atoms with Crippen molar-refractivity contribution in [2.75, 3.05) is 11.9 Å². The summed E-state index contributed by atoms with van der Waals surface area (Å²) in [6.45, 7) is 2.20. The molecule has 0 unspecified atom stereocenters. The van der Waals surface area contributed by atoms with Gasteiger partial charge in [0.05, 0.1) is 5.92 Å². The molecule has 0 saturated carbocycles. The molecule has 0 bridgehead atoms. The number of rotatable bonds is 5. The number of amides is 2. The molecule has 2 amide bonds. The van der Waals surface area contributed by atoms with Crippen molar-refractivity contribution in [3.8, 4) is 5.75 Å². The van der Waals surface area contributed by atoms with Gasteiger partial charge < -0.3 is 15.4 Å². The van der Waals surface area contributed by atoms with Crippen LogP contribution in [0.3, 0.4) is 0 Å². The van der Waals surface area contributed by atoms with E-state index in [1.807, 2.05) is 6.07 Å². The van der Waals surface area contributed by atoms with Crippen LogP contribution in [-0.4, -0.2) is 18.4 Å². The zero-order valence-electron chi connectivity index (χ0n) is 14.5. The number of nitrogens with one attached hydrogen (secondary N) is 2. The first-order valence-corrected chi connectivity index (χ1v) is 8.63. The number of fused-ring (bicyclic) bond motifs is 1. The summed E-state index contributed by atoms with van der Waals surface area (Å²) >= 11 is 0. The number of carbonyl (C=O) groups is 2. The maximum absolute atomic E-state index is 13.6. The summed E-state index contributed by atoms with van der Waals surface area (Å²) in [5.74, 6) is -0.221. The number of benzene rings is 2. The second kappa shape index (κ2) is 7.99. The van der Waals surface area contributed by atoms with Gasteiger partial charge in [-0.1, -0.05) is 25.1 Å². The van der Waals surface area contributed by atoms with E-state index in [1.165, 1.54) is 6.07 Å². The molecule has 0 fully saturated rings. The summed E-state index contributed by atoms with van der Waals surface area (Å²) in [6.07, 6.45) is 0.906. The number of carbonyl (C=O) groups excluding carboxylic acids is 2. The zero-order chi connectivity index (χ0) is 18.5. The molecule has 0 spiro atoms. The molecule has 0 saturated heterocycles. The third-order valence-electron chi connectivity index (χ3n) is 4.35. The lowest BCUT2D eigenvalue weighted by Gasteiger charge is -2.25. The van der Waals surface area contributed by atoms with Crippen LogP contribution in [0.25, 0.3) is 0 Å². The minimum Gasteiger partial charge on any atom is -0.492 e. The van der Waals surface area contributed by atoms with Crippen LogP contribution >= 0.6 is 0 Å². The SMILES string of the molecule is CCC(=O)Nc1ccc2c(c1)C[C@H](C(=O)NCc1ccccc1F)CO2. The molecule has 2 N–H and O–H groups in total. The Morgan fingerprint density at radius 2 is 2.04 bits per heavy atom. The average molecular weight is 356 g/mol. The van der Waals surface area contributed by atoms with Gasteiger partial charge in [0.1, 0.15) is 18.2 Å². The first-order chi connectivity index (χ1) is 12.6. The largest absolute Gasteiger partial charge is 0.492 e. The molecule has 0 aromatic heterocycles. The Hall–Kier alpha value is -2.89. The number of hydrogen-bond donors (Lipinski definition) is 2. The van der Waals surface area contributed by atoms with Gasteiger partial charge in [-0.25, -0.2) is 4.39 Å². The second-order valence-corrected chi connectivity index (χ2v) is 6.25. The van der Waals surface area contributed by atoms with E-state index in [9.17, 15) is 14.0 Å². The fourth-order valence-corrected chi connectivity index (χ4v) is 2.86. The Bertz CT molecular complexity index is 822. The molecule has 2 aromatic rings. The van der Waals surface area contributed by atoms with E-state index >= 15 is 0 Å². The minimum absolute atomic E-state index is 0.0686. The van der Waals surface area contributed by atoms with Crippen molar-refractivity contribution in [1.29, 1.82) is 0 Å². The van der Waals surface area contributed by atoms with Gasteiger partial charge in [-0.2, -0.15) is 0 Å². The molecule has 1 atom stereocenters. The number of halogens is 1. The molecule has 0 aliphatic carbocycles. The molecule has 1 aliphatic heterocycles. The van der Waals surface area contributed by atoms with Crippen molar-refractivity contribution in [1.82, 2.24) is 5.32 Å². The highest BCUT2D eigenvalue weighted by Gasteiger charge is 2.26. The molecule has 0 radical (unpaired) electrons. The maximum atomic E-state index is 13.6. The third-order valence-corrected chi connectivity index (χ3v) is 4.35. The molecular weight excluding hydrogens is 335 g/mol. The van der Waals surface area contributed by atoms with E-state index in [1.54, 1.807) is 37.3 Å². The molecular formula is C20H21FN2O3. The first kappa shape index (κ1) is 17.9. The van der Waals surface area contributed by atoms with Crippen molar-refractivity contribution in [2.24, 2.45) is 5.92 Å². The zero-order valence-corrected chi connectivity index (χ0v) is 14.5. The van der Waals surface area contributed by atoms with E-state index in [0.717, 1.165) is 11.3 Å². The van der Waals surface area contributed by atoms with Gasteiger partial charge in [0.2, 0.25) is 11.8 Å². The van der Waals surface area contributed by atoms with Gasteiger partial charge in [-0.05, 0) is 36.2 Å². The van der Waals surface area contributed by atoms with Crippen LogP contribution in [0.15, 0.2) is 42.5 Å². The molecule has 3 rings (SSSR count). The minimum atomic E-state index is -0.355. The fraction of sp³-hybridized carbons (Fsp3) is 0.300. The number of hydrogen-bond acceptors (Lipinski definition) is 3. The van der Waals surface area contributed by atoms with Crippen LogP contribution in [0, 0.1) is 11.7 Å². The Morgan fingerprint density at radius 1 is 1.23 bits per heavy atom. The standard InChI is InChI=1S/C20H21FN2O3/c1-2-19(24)23-16-7-8-18-14(10-16)9-15(12-26-18)20(25)22-11-13-5-3-4-6-17(13)21/h3-8,10,15H,2,9,11-12H2,1H3,(H,22,25)(H,23,24)/t15-/m0/s1. The van der Waals surface area contributed by atoms with Gasteiger partial charge in [0, 0.05) is 24.2 Å². The normalized spacial score (nSPS) is 15.5. The van der Waals surface area contributed by atoms with Crippen LogP contribution in [0.2, 0.25) is 0 Å². The Morgan fingerprint density at radius 3 is 2.81 bits per heavy atom. The molecule has 136 valence electrons. The molecule has 5 nitrogen and oxygen atoms in total. The molecule has 6 heteroatoms. The first-order valence-electron chi connectivity index (χ1n) is 8.63. The number of ether oxygens (including phenoxy) is 1. The molecule has 1 heterocycles. The van der Waals surface area contributed by atoms with Gasteiger partial charge in [-0.15, -0.1) is 0 Å². The van der Waals surface area contributed by atoms with Gasteiger partial charge in [0.25, 0.3) is 0 Å². The van der Waals surface area contributed by atoms with Crippen molar-refractivity contribution in [3.63, 3.8) is 0 Å². The maximum Gasteiger partial charge on any atom is 0.227 e.